The van der Waals surface area contributed by atoms with Crippen molar-refractivity contribution in [1.82, 2.24) is 9.97 Å². The Bertz CT molecular complexity index is 239. The fraction of sp³-hybridized carbons (Fsp3) is 0.333. The van der Waals surface area contributed by atoms with Crippen LogP contribution in [-0.4, -0.2) is 33.9 Å². The molecule has 1 rings (SSSR count). The molecule has 1 atom stereocenters. The van der Waals surface area contributed by atoms with Gasteiger partial charge in [0.05, 0.1) is 0 Å². The van der Waals surface area contributed by atoms with E-state index >= 15 is 0 Å². The van der Waals surface area contributed by atoms with E-state index in [0.717, 1.165) is 10.2 Å². The number of hydrogen-bond acceptors (Lipinski definition) is 3. The standard InChI is InChI=1S/C6H9AsN2O/c1-4-3-8-5(7)6(9-4)10-2/h3H,7H2,1-2H3. The summed E-state index contributed by atoms with van der Waals surface area (Å²) < 4.78 is 5.86. The first-order valence-electron chi connectivity index (χ1n) is 2.87. The predicted molar refractivity (Wildman–Crippen MR) is 41.5 cm³/mol. The van der Waals surface area contributed by atoms with Gasteiger partial charge in [0.1, 0.15) is 0 Å². The van der Waals surface area contributed by atoms with Crippen LogP contribution in [0.4, 0.5) is 0 Å². The van der Waals surface area contributed by atoms with E-state index in [-0.39, 0.29) is 0 Å². The molecule has 0 aliphatic rings. The molecule has 0 radical (unpaired) electrons. The van der Waals surface area contributed by atoms with Crippen LogP contribution in [0.5, 0.6) is 5.88 Å². The molecule has 3 nitrogen and oxygen atoms in total. The van der Waals surface area contributed by atoms with Crippen LogP contribution in [0.3, 0.4) is 0 Å². The Labute approximate surface area is 68.3 Å². The van der Waals surface area contributed by atoms with Crippen molar-refractivity contribution in [1.29, 1.82) is 0 Å². The molecule has 0 saturated heterocycles. The van der Waals surface area contributed by atoms with Gasteiger partial charge in [0, 0.05) is 0 Å². The van der Waals surface area contributed by atoms with Gasteiger partial charge in [0.2, 0.25) is 0 Å². The molecule has 0 amide bonds. The Kier molecular flexibility index (Phi) is 2.28. The molecule has 0 bridgehead atoms. The van der Waals surface area contributed by atoms with Crippen LogP contribution in [0.15, 0.2) is 6.20 Å². The number of rotatable bonds is 1. The zero-order valence-electron chi connectivity index (χ0n) is 5.96. The average molecular weight is 200 g/mol. The maximum absolute atomic E-state index is 4.97. The molecule has 0 N–H and O–H groups in total. The molecule has 54 valence electrons. The average Bonchev–Trinajstić information content (AvgIpc) is 1.94. The van der Waals surface area contributed by atoms with E-state index in [9.17, 15) is 0 Å². The second-order valence-electron chi connectivity index (χ2n) is 1.91. The minimum absolute atomic E-state index is 0.639. The first-order chi connectivity index (χ1) is 4.74. The van der Waals surface area contributed by atoms with Gasteiger partial charge < -0.3 is 0 Å². The van der Waals surface area contributed by atoms with Crippen molar-refractivity contribution in [3.63, 3.8) is 0 Å². The third kappa shape index (κ3) is 1.48. The summed E-state index contributed by atoms with van der Waals surface area (Å²) in [5.41, 5.74) is 0.887. The Morgan fingerprint density at radius 1 is 1.60 bits per heavy atom. The first-order valence-corrected chi connectivity index (χ1v) is 4.08. The van der Waals surface area contributed by atoms with Crippen molar-refractivity contribution in [2.75, 3.05) is 7.11 Å². The fourth-order valence-corrected chi connectivity index (χ4v) is 1.15. The summed E-state index contributed by atoms with van der Waals surface area (Å²) >= 11 is 1.42. The minimum atomic E-state index is 0.639. The van der Waals surface area contributed by atoms with E-state index in [1.807, 2.05) is 6.92 Å². The van der Waals surface area contributed by atoms with Gasteiger partial charge in [0.25, 0.3) is 0 Å². The molecule has 10 heavy (non-hydrogen) atoms. The zero-order valence-corrected chi connectivity index (χ0v) is 8.38. The molecule has 1 aromatic rings. The van der Waals surface area contributed by atoms with Crippen molar-refractivity contribution < 1.29 is 4.74 Å². The van der Waals surface area contributed by atoms with Crippen molar-refractivity contribution in [3.8, 4) is 5.88 Å². The van der Waals surface area contributed by atoms with Crippen molar-refractivity contribution in [2.24, 2.45) is 0 Å². The summed E-state index contributed by atoms with van der Waals surface area (Å²) in [7, 11) is 1.60. The third-order valence-electron chi connectivity index (χ3n) is 1.08. The van der Waals surface area contributed by atoms with Gasteiger partial charge in [0.15, 0.2) is 0 Å². The molecular formula is C6H9AsN2O. The fourth-order valence-electron chi connectivity index (χ4n) is 0.615. The monoisotopic (exact) mass is 200 g/mol. The second-order valence-corrected chi connectivity index (χ2v) is 3.05. The van der Waals surface area contributed by atoms with Crippen LogP contribution >= 0.6 is 0 Å². The summed E-state index contributed by atoms with van der Waals surface area (Å²) in [6, 6.07) is 0. The SMILES string of the molecule is COc1nc(C)cnc1[AsH2]. The molecule has 0 spiro atoms. The third-order valence-corrected chi connectivity index (χ3v) is 1.91. The summed E-state index contributed by atoms with van der Waals surface area (Å²) in [6.07, 6.45) is 1.74. The van der Waals surface area contributed by atoms with Crippen LogP contribution in [0.25, 0.3) is 0 Å². The zero-order chi connectivity index (χ0) is 7.56. The molecule has 1 heterocycles. The molecule has 0 saturated carbocycles. The van der Waals surface area contributed by atoms with Gasteiger partial charge in [-0.2, -0.15) is 0 Å². The van der Waals surface area contributed by atoms with Gasteiger partial charge in [-0.25, -0.2) is 0 Å². The van der Waals surface area contributed by atoms with Crippen molar-refractivity contribution in [3.05, 3.63) is 11.9 Å². The molecule has 1 aromatic heterocycles. The number of aryl methyl sites for hydroxylation is 1. The van der Waals surface area contributed by atoms with Crippen molar-refractivity contribution >= 4 is 21.3 Å². The number of aromatic nitrogens is 2. The van der Waals surface area contributed by atoms with Crippen LogP contribution in [0.1, 0.15) is 5.69 Å². The van der Waals surface area contributed by atoms with E-state index < -0.39 is 0 Å². The summed E-state index contributed by atoms with van der Waals surface area (Å²) in [4.78, 5) is 8.21. The quantitative estimate of drug-likeness (QED) is 0.548. The Morgan fingerprint density at radius 3 is 2.80 bits per heavy atom. The molecular weight excluding hydrogens is 191 g/mol. The van der Waals surface area contributed by atoms with Gasteiger partial charge >= 0.3 is 67.8 Å². The summed E-state index contributed by atoms with van der Waals surface area (Å²) in [5.74, 6) is 0.639. The van der Waals surface area contributed by atoms with E-state index in [0.29, 0.717) is 5.88 Å². The number of nitrogens with zero attached hydrogens (tertiary/aromatic N) is 2. The molecule has 1 unspecified atom stereocenters. The predicted octanol–water partition coefficient (Wildman–Crippen LogP) is -0.948. The van der Waals surface area contributed by atoms with Gasteiger partial charge in [-0.05, 0) is 0 Å². The van der Waals surface area contributed by atoms with Gasteiger partial charge in [-0.15, -0.1) is 0 Å². The van der Waals surface area contributed by atoms with Crippen LogP contribution in [0.2, 0.25) is 0 Å². The van der Waals surface area contributed by atoms with Crippen LogP contribution in [-0.2, 0) is 0 Å². The number of methoxy groups -OCH3 is 1. The van der Waals surface area contributed by atoms with E-state index in [1.54, 1.807) is 13.3 Å². The normalized spacial score (nSPS) is 9.50. The molecule has 0 aliphatic heterocycles. The van der Waals surface area contributed by atoms with E-state index in [2.05, 4.69) is 9.97 Å². The van der Waals surface area contributed by atoms with Crippen LogP contribution < -0.4 is 9.22 Å². The van der Waals surface area contributed by atoms with Crippen molar-refractivity contribution in [2.45, 2.75) is 6.92 Å². The topological polar surface area (TPSA) is 35.0 Å². The van der Waals surface area contributed by atoms with Gasteiger partial charge in [-0.1, -0.05) is 0 Å². The molecule has 0 aromatic carbocycles. The molecule has 0 aliphatic carbocycles. The number of ether oxygens (including phenoxy) is 1. The Hall–Kier alpha value is -0.562. The summed E-state index contributed by atoms with van der Waals surface area (Å²) in [5, 5.41) is 0. The first kappa shape index (κ1) is 7.54. The van der Waals surface area contributed by atoms with Crippen LogP contribution in [0, 0.1) is 6.92 Å². The molecule has 0 fully saturated rings. The Morgan fingerprint density at radius 2 is 2.30 bits per heavy atom. The second kappa shape index (κ2) is 3.02. The number of hydrogen-bond donors (Lipinski definition) is 0. The molecule has 4 heteroatoms. The maximum atomic E-state index is 4.97. The van der Waals surface area contributed by atoms with Gasteiger partial charge in [-0.3, -0.25) is 0 Å². The summed E-state index contributed by atoms with van der Waals surface area (Å²) in [6.45, 7) is 1.89. The van der Waals surface area contributed by atoms with E-state index in [1.165, 1.54) is 16.9 Å². The Balaban J connectivity index is 3.09. The van der Waals surface area contributed by atoms with E-state index in [4.69, 9.17) is 4.74 Å².